The minimum absolute atomic E-state index is 0.701. The quantitative estimate of drug-likeness (QED) is 0.364. The van der Waals surface area contributed by atoms with E-state index in [4.69, 9.17) is 4.74 Å². The highest BCUT2D eigenvalue weighted by Gasteiger charge is 2.35. The summed E-state index contributed by atoms with van der Waals surface area (Å²) >= 11 is 1.58. The molecule has 4 aromatic rings. The first-order valence-corrected chi connectivity index (χ1v) is 11.8. The lowest BCUT2D eigenvalue weighted by Crippen LogP contribution is -3.07. The summed E-state index contributed by atoms with van der Waals surface area (Å²) in [6.07, 6.45) is 2.79. The zero-order valence-electron chi connectivity index (χ0n) is 18.3. The van der Waals surface area contributed by atoms with Crippen molar-refractivity contribution < 1.29 is 14.7 Å². The maximum Gasteiger partial charge on any atom is 0.151 e. The Labute approximate surface area is 193 Å². The van der Waals surface area contributed by atoms with E-state index in [9.17, 15) is 5.11 Å². The summed E-state index contributed by atoms with van der Waals surface area (Å²) in [7, 11) is 2.17. The van der Waals surface area contributed by atoms with Crippen LogP contribution < -0.4 is 9.64 Å². The molecule has 0 spiro atoms. The molecule has 0 fully saturated rings. The first-order valence-electron chi connectivity index (χ1n) is 10.9. The monoisotopic (exact) mass is 445 g/mol. The summed E-state index contributed by atoms with van der Waals surface area (Å²) in [5, 5.41) is 12.9. The standard InChI is InChI=1S/C27H28N2O2S/c1-29(18-11-19-31-24-16-9-4-10-17-24)21-26-28-20-25(32-26)27(30,22-12-5-2-6-13-22)23-14-7-3-8-15-23/h2-10,12-17,20,30H,11,18-19,21H2,1H3/p+1. The molecule has 0 bridgehead atoms. The molecule has 0 radical (unpaired) electrons. The summed E-state index contributed by atoms with van der Waals surface area (Å²) in [6, 6.07) is 29.6. The van der Waals surface area contributed by atoms with E-state index in [1.165, 1.54) is 4.90 Å². The topological polar surface area (TPSA) is 46.8 Å². The van der Waals surface area contributed by atoms with E-state index < -0.39 is 5.60 Å². The van der Waals surface area contributed by atoms with Gasteiger partial charge in [0.05, 0.1) is 25.1 Å². The third-order valence-corrected chi connectivity index (χ3v) is 6.61. The number of ether oxygens (including phenoxy) is 1. The molecule has 0 saturated carbocycles. The van der Waals surface area contributed by atoms with Gasteiger partial charge in [0.2, 0.25) is 0 Å². The number of quaternary nitrogens is 1. The van der Waals surface area contributed by atoms with Gasteiger partial charge in [0, 0.05) is 12.6 Å². The van der Waals surface area contributed by atoms with Crippen molar-refractivity contribution in [1.82, 2.24) is 4.98 Å². The molecule has 0 saturated heterocycles. The fraction of sp³-hybridized carbons (Fsp3) is 0.222. The number of hydrogen-bond donors (Lipinski definition) is 2. The average molecular weight is 446 g/mol. The summed E-state index contributed by atoms with van der Waals surface area (Å²) in [6.45, 7) is 2.51. The molecule has 1 aromatic heterocycles. The van der Waals surface area contributed by atoms with Crippen LogP contribution in [-0.2, 0) is 12.1 Å². The van der Waals surface area contributed by atoms with Crippen molar-refractivity contribution in [3.05, 3.63) is 118 Å². The third kappa shape index (κ3) is 5.25. The van der Waals surface area contributed by atoms with Crippen LogP contribution in [-0.4, -0.2) is 30.3 Å². The molecule has 3 aromatic carbocycles. The Kier molecular flexibility index (Phi) is 7.32. The van der Waals surface area contributed by atoms with Crippen molar-refractivity contribution in [3.8, 4) is 5.75 Å². The molecule has 1 heterocycles. The van der Waals surface area contributed by atoms with E-state index in [-0.39, 0.29) is 0 Å². The minimum atomic E-state index is -1.21. The minimum Gasteiger partial charge on any atom is -0.493 e. The fourth-order valence-corrected chi connectivity index (χ4v) is 4.96. The lowest BCUT2D eigenvalue weighted by molar-refractivity contribution is -0.893. The summed E-state index contributed by atoms with van der Waals surface area (Å²) < 4.78 is 5.79. The lowest BCUT2D eigenvalue weighted by atomic mass is 9.85. The number of aliphatic hydroxyl groups is 1. The Balaban J connectivity index is 1.42. The van der Waals surface area contributed by atoms with E-state index in [1.54, 1.807) is 11.3 Å². The van der Waals surface area contributed by atoms with Crippen LogP contribution in [0.25, 0.3) is 0 Å². The second kappa shape index (κ2) is 10.6. The molecule has 2 N–H and O–H groups in total. The molecule has 4 nitrogen and oxygen atoms in total. The lowest BCUT2D eigenvalue weighted by Gasteiger charge is -2.28. The van der Waals surface area contributed by atoms with Gasteiger partial charge in [0.25, 0.3) is 0 Å². The Bertz CT molecular complexity index is 1040. The number of rotatable bonds is 10. The normalized spacial score (nSPS) is 12.4. The molecular formula is C27H29N2O2S+. The highest BCUT2D eigenvalue weighted by Crippen LogP contribution is 2.39. The summed E-state index contributed by atoms with van der Waals surface area (Å²) in [5.41, 5.74) is 0.482. The van der Waals surface area contributed by atoms with Crippen LogP contribution in [0.15, 0.2) is 97.2 Å². The van der Waals surface area contributed by atoms with Crippen molar-refractivity contribution in [2.75, 3.05) is 20.2 Å². The SMILES string of the molecule is C[NH+](CCCOc1ccccc1)Cc1ncc(C(O)(c2ccccc2)c2ccccc2)s1. The molecule has 5 heteroatoms. The van der Waals surface area contributed by atoms with Crippen LogP contribution in [0.1, 0.15) is 27.4 Å². The number of para-hydroxylation sites is 1. The van der Waals surface area contributed by atoms with E-state index in [0.717, 1.165) is 46.3 Å². The fourth-order valence-electron chi connectivity index (χ4n) is 3.80. The number of nitrogens with one attached hydrogen (secondary N) is 1. The molecule has 0 aliphatic rings. The van der Waals surface area contributed by atoms with E-state index in [0.29, 0.717) is 6.61 Å². The van der Waals surface area contributed by atoms with Gasteiger partial charge in [0.15, 0.2) is 5.60 Å². The molecular weight excluding hydrogens is 416 g/mol. The molecule has 32 heavy (non-hydrogen) atoms. The number of thiazole rings is 1. The Morgan fingerprint density at radius 1 is 0.875 bits per heavy atom. The van der Waals surface area contributed by atoms with Crippen LogP contribution in [0.4, 0.5) is 0 Å². The van der Waals surface area contributed by atoms with Gasteiger partial charge < -0.3 is 14.7 Å². The van der Waals surface area contributed by atoms with Gasteiger partial charge in [0.1, 0.15) is 17.3 Å². The summed E-state index contributed by atoms with van der Waals surface area (Å²) in [4.78, 5) is 6.86. The van der Waals surface area contributed by atoms with Crippen LogP contribution in [0.3, 0.4) is 0 Å². The average Bonchev–Trinajstić information content (AvgIpc) is 3.32. The maximum atomic E-state index is 11.9. The maximum absolute atomic E-state index is 11.9. The highest BCUT2D eigenvalue weighted by molar-refractivity contribution is 7.11. The predicted octanol–water partition coefficient (Wildman–Crippen LogP) is 3.91. The highest BCUT2D eigenvalue weighted by atomic mass is 32.1. The molecule has 0 aliphatic heterocycles. The van der Waals surface area contributed by atoms with Crippen molar-refractivity contribution in [2.45, 2.75) is 18.6 Å². The van der Waals surface area contributed by atoms with Gasteiger partial charge in [-0.2, -0.15) is 0 Å². The number of hydrogen-bond acceptors (Lipinski definition) is 4. The van der Waals surface area contributed by atoms with Gasteiger partial charge in [-0.15, -0.1) is 11.3 Å². The first-order chi connectivity index (χ1) is 15.7. The zero-order valence-corrected chi connectivity index (χ0v) is 19.1. The molecule has 0 aliphatic carbocycles. The van der Waals surface area contributed by atoms with Crippen molar-refractivity contribution in [2.24, 2.45) is 0 Å². The summed E-state index contributed by atoms with van der Waals surface area (Å²) in [5.74, 6) is 0.913. The van der Waals surface area contributed by atoms with E-state index >= 15 is 0 Å². The van der Waals surface area contributed by atoms with Gasteiger partial charge in [-0.25, -0.2) is 4.98 Å². The second-order valence-electron chi connectivity index (χ2n) is 7.96. The number of aromatic nitrogens is 1. The van der Waals surface area contributed by atoms with Crippen LogP contribution in [0, 0.1) is 0 Å². The number of nitrogens with zero attached hydrogens (tertiary/aromatic N) is 1. The zero-order chi connectivity index (χ0) is 22.2. The van der Waals surface area contributed by atoms with E-state index in [1.807, 2.05) is 97.2 Å². The molecule has 1 unspecified atom stereocenters. The first kappa shape index (κ1) is 22.2. The van der Waals surface area contributed by atoms with Crippen LogP contribution in [0.2, 0.25) is 0 Å². The van der Waals surface area contributed by atoms with Gasteiger partial charge in [-0.05, 0) is 23.3 Å². The smallest absolute Gasteiger partial charge is 0.151 e. The van der Waals surface area contributed by atoms with Crippen LogP contribution in [0.5, 0.6) is 5.75 Å². The van der Waals surface area contributed by atoms with E-state index in [2.05, 4.69) is 12.0 Å². The molecule has 164 valence electrons. The van der Waals surface area contributed by atoms with Gasteiger partial charge in [-0.3, -0.25) is 0 Å². The second-order valence-corrected chi connectivity index (χ2v) is 9.07. The number of benzene rings is 3. The molecule has 0 amide bonds. The molecule has 1 atom stereocenters. The largest absolute Gasteiger partial charge is 0.493 e. The van der Waals surface area contributed by atoms with Crippen LogP contribution >= 0.6 is 11.3 Å². The van der Waals surface area contributed by atoms with Gasteiger partial charge >= 0.3 is 0 Å². The Morgan fingerprint density at radius 3 is 2.03 bits per heavy atom. The molecule has 4 rings (SSSR count). The van der Waals surface area contributed by atoms with Gasteiger partial charge in [-0.1, -0.05) is 78.9 Å². The third-order valence-electron chi connectivity index (χ3n) is 5.51. The van der Waals surface area contributed by atoms with Crippen molar-refractivity contribution in [1.29, 1.82) is 0 Å². The Hall–Kier alpha value is -2.99. The van der Waals surface area contributed by atoms with Crippen molar-refractivity contribution >= 4 is 11.3 Å². The Morgan fingerprint density at radius 2 is 1.44 bits per heavy atom. The predicted molar refractivity (Wildman–Crippen MR) is 129 cm³/mol. The van der Waals surface area contributed by atoms with Crippen molar-refractivity contribution in [3.63, 3.8) is 0 Å².